The lowest BCUT2D eigenvalue weighted by molar-refractivity contribution is -0.135. The molecule has 5 rings (SSSR count). The van der Waals surface area contributed by atoms with Crippen LogP contribution in [-0.4, -0.2) is 21.8 Å². The number of nitrogens with zero attached hydrogens (tertiary/aromatic N) is 3. The fourth-order valence-corrected chi connectivity index (χ4v) is 3.66. The molecule has 1 aromatic heterocycles. The number of carbonyl (C=O) groups is 1. The van der Waals surface area contributed by atoms with Gasteiger partial charge in [-0.2, -0.15) is 5.01 Å². The maximum Gasteiger partial charge on any atom is 0.243 e. The third-order valence-electron chi connectivity index (χ3n) is 5.12. The van der Waals surface area contributed by atoms with E-state index in [1.807, 2.05) is 60.7 Å². The Balaban J connectivity index is 1.65. The average molecular weight is 411 g/mol. The number of pyridine rings is 1. The molecule has 0 aliphatic carbocycles. The molecule has 0 unspecified atom stereocenters. The number of hydrogen-bond donors (Lipinski definition) is 0. The molecule has 1 aliphatic heterocycles. The summed E-state index contributed by atoms with van der Waals surface area (Å²) >= 11 is 0. The Morgan fingerprint density at radius 3 is 2.52 bits per heavy atom. The highest BCUT2D eigenvalue weighted by Gasteiger charge is 2.34. The Hall–Kier alpha value is -4.06. The first kappa shape index (κ1) is 18.9. The van der Waals surface area contributed by atoms with Crippen LogP contribution >= 0.6 is 0 Å². The monoisotopic (exact) mass is 411 g/mol. The number of ether oxygens (including phenoxy) is 1. The number of para-hydroxylation sites is 1. The molecule has 5 nitrogen and oxygen atoms in total. The van der Waals surface area contributed by atoms with Gasteiger partial charge in [0, 0.05) is 29.0 Å². The highest BCUT2D eigenvalue weighted by molar-refractivity contribution is 6.08. The summed E-state index contributed by atoms with van der Waals surface area (Å²) in [7, 11) is 0. The maximum atomic E-state index is 13.8. The van der Waals surface area contributed by atoms with Crippen LogP contribution in [0.1, 0.15) is 24.3 Å². The van der Waals surface area contributed by atoms with E-state index in [4.69, 9.17) is 9.72 Å². The van der Waals surface area contributed by atoms with Crippen molar-refractivity contribution in [3.63, 3.8) is 0 Å². The molecule has 31 heavy (non-hydrogen) atoms. The lowest BCUT2D eigenvalue weighted by Crippen LogP contribution is -2.25. The number of aromatic nitrogens is 1. The molecule has 1 atom stereocenters. The van der Waals surface area contributed by atoms with E-state index in [1.54, 1.807) is 12.1 Å². The Kier molecular flexibility index (Phi) is 4.67. The van der Waals surface area contributed by atoms with Gasteiger partial charge in [0.1, 0.15) is 5.82 Å². The summed E-state index contributed by atoms with van der Waals surface area (Å²) < 4.78 is 19.9. The van der Waals surface area contributed by atoms with E-state index in [9.17, 15) is 9.18 Å². The highest BCUT2D eigenvalue weighted by atomic mass is 19.1. The van der Waals surface area contributed by atoms with Crippen LogP contribution in [0.2, 0.25) is 0 Å². The maximum absolute atomic E-state index is 13.8. The van der Waals surface area contributed by atoms with Crippen molar-refractivity contribution < 1.29 is 13.9 Å². The topological polar surface area (TPSA) is 54.8 Å². The van der Waals surface area contributed by atoms with E-state index in [1.165, 1.54) is 24.1 Å². The van der Waals surface area contributed by atoms with Gasteiger partial charge < -0.3 is 4.74 Å². The van der Waals surface area contributed by atoms with Crippen molar-refractivity contribution >= 4 is 22.7 Å². The van der Waals surface area contributed by atoms with Crippen LogP contribution in [0.4, 0.5) is 4.39 Å². The summed E-state index contributed by atoms with van der Waals surface area (Å²) in [5.74, 6) is -0.412. The van der Waals surface area contributed by atoms with Gasteiger partial charge in [0.25, 0.3) is 0 Å². The number of benzene rings is 3. The summed E-state index contributed by atoms with van der Waals surface area (Å²) in [6.45, 7) is 1.40. The van der Waals surface area contributed by atoms with Crippen molar-refractivity contribution in [2.45, 2.75) is 13.2 Å². The number of halogens is 1. The van der Waals surface area contributed by atoms with E-state index in [2.05, 4.69) is 5.10 Å². The minimum absolute atomic E-state index is 0.292. The van der Waals surface area contributed by atoms with Gasteiger partial charge in [0.15, 0.2) is 0 Å². The molecule has 2 heterocycles. The summed E-state index contributed by atoms with van der Waals surface area (Å²) in [5, 5.41) is 6.55. The molecule has 0 N–H and O–H groups in total. The SMILES string of the molecule is CC(=O)N1N=C(c2cc(-c3ccccc3)nc3ccccc23)O[C@@H]1c1cccc(F)c1. The normalized spacial score (nSPS) is 15.6. The number of amides is 1. The van der Waals surface area contributed by atoms with Gasteiger partial charge >= 0.3 is 0 Å². The molecule has 1 aliphatic rings. The van der Waals surface area contributed by atoms with E-state index in [0.29, 0.717) is 11.5 Å². The molecule has 0 radical (unpaired) electrons. The van der Waals surface area contributed by atoms with Crippen LogP contribution in [0.5, 0.6) is 0 Å². The van der Waals surface area contributed by atoms with Crippen LogP contribution in [0, 0.1) is 5.82 Å². The molecule has 1 amide bonds. The summed E-state index contributed by atoms with van der Waals surface area (Å²) in [6.07, 6.45) is -0.838. The van der Waals surface area contributed by atoms with E-state index >= 15 is 0 Å². The second-order valence-electron chi connectivity index (χ2n) is 7.23. The van der Waals surface area contributed by atoms with Gasteiger partial charge in [0.05, 0.1) is 11.2 Å². The first-order valence-corrected chi connectivity index (χ1v) is 9.86. The number of hydrazone groups is 1. The first-order valence-electron chi connectivity index (χ1n) is 9.86. The Labute approximate surface area is 178 Å². The van der Waals surface area contributed by atoms with Crippen molar-refractivity contribution in [2.24, 2.45) is 5.10 Å². The number of fused-ring (bicyclic) bond motifs is 1. The van der Waals surface area contributed by atoms with Gasteiger partial charge in [0.2, 0.25) is 18.0 Å². The van der Waals surface area contributed by atoms with Crippen LogP contribution in [0.15, 0.2) is 90.0 Å². The molecule has 4 aromatic rings. The van der Waals surface area contributed by atoms with Gasteiger partial charge in [-0.25, -0.2) is 9.37 Å². The molecule has 0 bridgehead atoms. The highest BCUT2D eigenvalue weighted by Crippen LogP contribution is 2.33. The largest absolute Gasteiger partial charge is 0.446 e. The smallest absolute Gasteiger partial charge is 0.243 e. The van der Waals surface area contributed by atoms with Crippen molar-refractivity contribution in [2.75, 3.05) is 0 Å². The predicted molar refractivity (Wildman–Crippen MR) is 116 cm³/mol. The fourth-order valence-electron chi connectivity index (χ4n) is 3.66. The molecule has 0 spiro atoms. The van der Waals surface area contributed by atoms with Gasteiger partial charge in [-0.1, -0.05) is 60.7 Å². The van der Waals surface area contributed by atoms with Crippen molar-refractivity contribution in [1.29, 1.82) is 0 Å². The van der Waals surface area contributed by atoms with Crippen molar-refractivity contribution in [1.82, 2.24) is 9.99 Å². The molecular weight excluding hydrogens is 393 g/mol. The summed E-state index contributed by atoms with van der Waals surface area (Å²) in [4.78, 5) is 17.1. The van der Waals surface area contributed by atoms with E-state index in [0.717, 1.165) is 27.7 Å². The third kappa shape index (κ3) is 3.53. The fraction of sp³-hybridized carbons (Fsp3) is 0.0800. The van der Waals surface area contributed by atoms with Crippen molar-refractivity contribution in [3.8, 4) is 11.3 Å². The Morgan fingerprint density at radius 2 is 1.74 bits per heavy atom. The minimum Gasteiger partial charge on any atom is -0.446 e. The quantitative estimate of drug-likeness (QED) is 0.461. The molecule has 0 saturated heterocycles. The van der Waals surface area contributed by atoms with Gasteiger partial charge in [-0.3, -0.25) is 4.79 Å². The zero-order chi connectivity index (χ0) is 21.4. The van der Waals surface area contributed by atoms with Gasteiger partial charge in [-0.15, -0.1) is 5.10 Å². The number of carbonyl (C=O) groups excluding carboxylic acids is 1. The zero-order valence-electron chi connectivity index (χ0n) is 16.7. The van der Waals surface area contributed by atoms with Crippen molar-refractivity contribution in [3.05, 3.63) is 102 Å². The second kappa shape index (κ2) is 7.65. The molecular formula is C25H18FN3O2. The first-order chi connectivity index (χ1) is 15.1. The number of rotatable bonds is 3. The molecule has 0 saturated carbocycles. The summed E-state index contributed by atoms with van der Waals surface area (Å²) in [5.41, 5.74) is 3.74. The van der Waals surface area contributed by atoms with Crippen LogP contribution in [0.25, 0.3) is 22.2 Å². The van der Waals surface area contributed by atoms with Crippen LogP contribution in [0.3, 0.4) is 0 Å². The predicted octanol–water partition coefficient (Wildman–Crippen LogP) is 5.28. The van der Waals surface area contributed by atoms with E-state index < -0.39 is 12.0 Å². The molecule has 0 fully saturated rings. The van der Waals surface area contributed by atoms with E-state index in [-0.39, 0.29) is 5.91 Å². The lowest BCUT2D eigenvalue weighted by Gasteiger charge is -2.19. The standard InChI is InChI=1S/C25H18FN3O2/c1-16(30)29-25(18-10-7-11-19(26)14-18)31-24(28-29)21-15-23(17-8-3-2-4-9-17)27-22-13-6-5-12-20(21)22/h2-15,25H,1H3/t25-/m1/s1. The second-order valence-corrected chi connectivity index (χ2v) is 7.23. The van der Waals surface area contributed by atoms with Crippen LogP contribution in [-0.2, 0) is 9.53 Å². The molecule has 3 aromatic carbocycles. The Morgan fingerprint density at radius 1 is 0.968 bits per heavy atom. The Bertz CT molecular complexity index is 1320. The third-order valence-corrected chi connectivity index (χ3v) is 5.12. The van der Waals surface area contributed by atoms with Crippen LogP contribution < -0.4 is 0 Å². The lowest BCUT2D eigenvalue weighted by atomic mass is 10.0. The average Bonchev–Trinajstić information content (AvgIpc) is 3.25. The number of hydrogen-bond acceptors (Lipinski definition) is 4. The minimum atomic E-state index is -0.838. The molecule has 6 heteroatoms. The molecule has 152 valence electrons. The summed E-state index contributed by atoms with van der Waals surface area (Å²) in [6, 6.07) is 25.4. The van der Waals surface area contributed by atoms with Gasteiger partial charge in [-0.05, 0) is 24.3 Å². The zero-order valence-corrected chi connectivity index (χ0v) is 16.7.